The van der Waals surface area contributed by atoms with Crippen LogP contribution < -0.4 is 5.32 Å². The van der Waals surface area contributed by atoms with Gasteiger partial charge >= 0.3 is 0 Å². The lowest BCUT2D eigenvalue weighted by Crippen LogP contribution is -2.27. The number of benzene rings is 2. The Balaban J connectivity index is 1.56. The van der Waals surface area contributed by atoms with Gasteiger partial charge in [-0.1, -0.05) is 12.1 Å². The fourth-order valence-electron chi connectivity index (χ4n) is 3.01. The molecule has 2 heterocycles. The number of pyridine rings is 1. The largest absolute Gasteiger partial charge is 0.350 e. The van der Waals surface area contributed by atoms with Crippen LogP contribution in [0, 0.1) is 5.82 Å². The normalized spacial score (nSPS) is 10.9. The highest BCUT2D eigenvalue weighted by Gasteiger charge is 2.12. The number of aromatic nitrogens is 3. The molecule has 0 saturated heterocycles. The van der Waals surface area contributed by atoms with Crippen LogP contribution in [-0.4, -0.2) is 27.0 Å². The first-order valence-electron chi connectivity index (χ1n) is 8.62. The smallest absolute Gasteiger partial charge is 0.251 e. The summed E-state index contributed by atoms with van der Waals surface area (Å²) < 4.78 is 15.1. The van der Waals surface area contributed by atoms with Crippen LogP contribution in [0.25, 0.3) is 22.4 Å². The van der Waals surface area contributed by atoms with Crippen LogP contribution in [0.4, 0.5) is 4.39 Å². The Labute approximate surface area is 155 Å². The lowest BCUT2D eigenvalue weighted by molar-refractivity contribution is 0.0952. The van der Waals surface area contributed by atoms with E-state index in [-0.39, 0.29) is 11.7 Å². The number of carbonyl (C=O) groups excluding carboxylic acids is 1. The Morgan fingerprint density at radius 1 is 1.00 bits per heavy atom. The van der Waals surface area contributed by atoms with E-state index >= 15 is 0 Å². The number of rotatable bonds is 5. The van der Waals surface area contributed by atoms with Crippen LogP contribution in [0.15, 0.2) is 73.1 Å². The molecule has 0 aliphatic carbocycles. The van der Waals surface area contributed by atoms with Crippen LogP contribution in [0.1, 0.15) is 10.4 Å². The van der Waals surface area contributed by atoms with Gasteiger partial charge in [0, 0.05) is 36.6 Å². The number of hydrogen-bond donors (Lipinski definition) is 1. The minimum Gasteiger partial charge on any atom is -0.350 e. The minimum atomic E-state index is -0.363. The summed E-state index contributed by atoms with van der Waals surface area (Å²) in [5.41, 5.74) is 3.29. The molecule has 0 radical (unpaired) electrons. The molecule has 27 heavy (non-hydrogen) atoms. The van der Waals surface area contributed by atoms with E-state index in [1.165, 1.54) is 24.3 Å². The molecule has 0 bridgehead atoms. The van der Waals surface area contributed by atoms with Gasteiger partial charge in [-0.3, -0.25) is 9.78 Å². The monoisotopic (exact) mass is 360 g/mol. The third-order valence-electron chi connectivity index (χ3n) is 4.32. The molecule has 5 nitrogen and oxygen atoms in total. The van der Waals surface area contributed by atoms with Gasteiger partial charge < -0.3 is 9.88 Å². The highest BCUT2D eigenvalue weighted by atomic mass is 19.1. The Kier molecular flexibility index (Phi) is 4.61. The third kappa shape index (κ3) is 3.55. The average molecular weight is 360 g/mol. The second kappa shape index (κ2) is 7.37. The molecule has 0 aliphatic heterocycles. The maximum absolute atomic E-state index is 13.0. The van der Waals surface area contributed by atoms with Gasteiger partial charge in [-0.05, 0) is 48.5 Å². The van der Waals surface area contributed by atoms with Crippen LogP contribution in [0.2, 0.25) is 0 Å². The van der Waals surface area contributed by atoms with E-state index in [4.69, 9.17) is 4.98 Å². The zero-order chi connectivity index (χ0) is 18.6. The number of fused-ring (bicyclic) bond motifs is 1. The van der Waals surface area contributed by atoms with Crippen molar-refractivity contribution in [3.05, 3.63) is 84.4 Å². The molecule has 0 unspecified atom stereocenters. The summed E-state index contributed by atoms with van der Waals surface area (Å²) in [5.74, 6) is 0.234. The lowest BCUT2D eigenvalue weighted by Gasteiger charge is -2.10. The molecular formula is C21H17FN4O. The summed E-state index contributed by atoms with van der Waals surface area (Å²) in [7, 11) is 0. The molecule has 0 fully saturated rings. The number of nitrogens with zero attached hydrogens (tertiary/aromatic N) is 3. The maximum Gasteiger partial charge on any atom is 0.251 e. The van der Waals surface area contributed by atoms with E-state index in [2.05, 4.69) is 14.9 Å². The lowest BCUT2D eigenvalue weighted by atomic mass is 10.2. The zero-order valence-electron chi connectivity index (χ0n) is 14.5. The summed E-state index contributed by atoms with van der Waals surface area (Å²) >= 11 is 0. The summed E-state index contributed by atoms with van der Waals surface area (Å²) in [6.45, 7) is 0.986. The van der Waals surface area contributed by atoms with E-state index < -0.39 is 0 Å². The van der Waals surface area contributed by atoms with Crippen LogP contribution in [0.5, 0.6) is 0 Å². The number of amides is 1. The number of halogens is 1. The van der Waals surface area contributed by atoms with E-state index in [1.54, 1.807) is 12.4 Å². The molecule has 0 atom stereocenters. The van der Waals surface area contributed by atoms with Gasteiger partial charge in [0.1, 0.15) is 11.6 Å². The fraction of sp³-hybridized carbons (Fsp3) is 0.0952. The standard InChI is InChI=1S/C21H17FN4O/c22-17-7-5-16(6-8-17)21(27)24-13-14-26-19-4-2-1-3-18(19)25-20(26)15-9-11-23-12-10-15/h1-12H,13-14H2,(H,24,27). The van der Waals surface area contributed by atoms with Gasteiger partial charge in [-0.25, -0.2) is 9.37 Å². The molecule has 4 aromatic rings. The third-order valence-corrected chi connectivity index (χ3v) is 4.32. The summed E-state index contributed by atoms with van der Waals surface area (Å²) in [4.78, 5) is 21.0. The maximum atomic E-state index is 13.0. The molecule has 2 aromatic heterocycles. The Morgan fingerprint density at radius 3 is 2.52 bits per heavy atom. The number of para-hydroxylation sites is 2. The molecule has 2 aromatic carbocycles. The summed E-state index contributed by atoms with van der Waals surface area (Å²) in [5, 5.41) is 2.88. The van der Waals surface area contributed by atoms with Gasteiger partial charge in [0.05, 0.1) is 11.0 Å². The van der Waals surface area contributed by atoms with Crippen molar-refractivity contribution in [2.45, 2.75) is 6.54 Å². The van der Waals surface area contributed by atoms with Crippen LogP contribution in [0.3, 0.4) is 0 Å². The Morgan fingerprint density at radius 2 is 1.74 bits per heavy atom. The van der Waals surface area contributed by atoms with Crippen molar-refractivity contribution in [3.8, 4) is 11.4 Å². The van der Waals surface area contributed by atoms with E-state index in [0.717, 1.165) is 22.4 Å². The molecule has 0 aliphatic rings. The van der Waals surface area contributed by atoms with Crippen molar-refractivity contribution in [3.63, 3.8) is 0 Å². The second-order valence-electron chi connectivity index (χ2n) is 6.07. The number of hydrogen-bond acceptors (Lipinski definition) is 3. The quantitative estimate of drug-likeness (QED) is 0.591. The molecule has 4 rings (SSSR count). The second-order valence-corrected chi connectivity index (χ2v) is 6.07. The van der Waals surface area contributed by atoms with Crippen molar-refractivity contribution in [2.24, 2.45) is 0 Å². The molecule has 0 saturated carbocycles. The summed E-state index contributed by atoms with van der Waals surface area (Å²) in [6, 6.07) is 17.2. The van der Waals surface area contributed by atoms with Crippen molar-refractivity contribution in [1.29, 1.82) is 0 Å². The number of carbonyl (C=O) groups is 1. The van der Waals surface area contributed by atoms with Gasteiger partial charge in [-0.15, -0.1) is 0 Å². The molecule has 134 valence electrons. The van der Waals surface area contributed by atoms with Crippen molar-refractivity contribution in [1.82, 2.24) is 19.9 Å². The topological polar surface area (TPSA) is 59.8 Å². The number of imidazole rings is 1. The molecule has 1 N–H and O–H groups in total. The van der Waals surface area contributed by atoms with Gasteiger partial charge in [0.25, 0.3) is 5.91 Å². The molecule has 6 heteroatoms. The average Bonchev–Trinajstić information content (AvgIpc) is 3.08. The Bertz CT molecular complexity index is 1070. The van der Waals surface area contributed by atoms with Gasteiger partial charge in [-0.2, -0.15) is 0 Å². The number of nitrogens with one attached hydrogen (secondary N) is 1. The minimum absolute atomic E-state index is 0.232. The first-order valence-corrected chi connectivity index (χ1v) is 8.62. The Hall–Kier alpha value is -3.54. The predicted octanol–water partition coefficient (Wildman–Crippen LogP) is 3.67. The van der Waals surface area contributed by atoms with Crippen LogP contribution in [-0.2, 0) is 6.54 Å². The molecule has 0 spiro atoms. The zero-order valence-corrected chi connectivity index (χ0v) is 14.5. The molecular weight excluding hydrogens is 343 g/mol. The van der Waals surface area contributed by atoms with Crippen molar-refractivity contribution in [2.75, 3.05) is 6.54 Å². The highest BCUT2D eigenvalue weighted by molar-refractivity contribution is 5.94. The van der Waals surface area contributed by atoms with E-state index in [0.29, 0.717) is 18.7 Å². The predicted molar refractivity (Wildman–Crippen MR) is 102 cm³/mol. The van der Waals surface area contributed by atoms with Crippen molar-refractivity contribution >= 4 is 16.9 Å². The first kappa shape index (κ1) is 16.9. The first-order chi connectivity index (χ1) is 13.2. The SMILES string of the molecule is O=C(NCCn1c(-c2ccncc2)nc2ccccc21)c1ccc(F)cc1. The van der Waals surface area contributed by atoms with Gasteiger partial charge in [0.2, 0.25) is 0 Å². The summed E-state index contributed by atoms with van der Waals surface area (Å²) in [6.07, 6.45) is 3.46. The molecule has 1 amide bonds. The fourth-order valence-corrected chi connectivity index (χ4v) is 3.01. The van der Waals surface area contributed by atoms with Crippen LogP contribution >= 0.6 is 0 Å². The van der Waals surface area contributed by atoms with Crippen molar-refractivity contribution < 1.29 is 9.18 Å². The highest BCUT2D eigenvalue weighted by Crippen LogP contribution is 2.24. The van der Waals surface area contributed by atoms with Gasteiger partial charge in [0.15, 0.2) is 0 Å². The van der Waals surface area contributed by atoms with E-state index in [1.807, 2.05) is 36.4 Å². The van der Waals surface area contributed by atoms with E-state index in [9.17, 15) is 9.18 Å².